The number of hydrogen-bond acceptors (Lipinski definition) is 4. The lowest BCUT2D eigenvalue weighted by Gasteiger charge is -2.15. The van der Waals surface area contributed by atoms with Gasteiger partial charge in [0.05, 0.1) is 6.61 Å². The molecule has 0 fully saturated rings. The molecule has 0 saturated heterocycles. The van der Waals surface area contributed by atoms with E-state index in [0.717, 1.165) is 42.5 Å². The highest BCUT2D eigenvalue weighted by molar-refractivity contribution is 5.40. The molecule has 4 rings (SSSR count). The van der Waals surface area contributed by atoms with Crippen LogP contribution in [0.4, 0.5) is 0 Å². The average molecular weight is 334 g/mol. The molecule has 3 aromatic rings. The van der Waals surface area contributed by atoms with Gasteiger partial charge in [0.15, 0.2) is 0 Å². The van der Waals surface area contributed by atoms with Gasteiger partial charge >= 0.3 is 0 Å². The van der Waals surface area contributed by atoms with Gasteiger partial charge in [-0.25, -0.2) is 9.97 Å². The second-order valence-corrected chi connectivity index (χ2v) is 6.44. The number of ether oxygens (including phenoxy) is 1. The van der Waals surface area contributed by atoms with Crippen molar-refractivity contribution in [3.05, 3.63) is 71.4 Å². The van der Waals surface area contributed by atoms with E-state index in [4.69, 9.17) is 4.74 Å². The van der Waals surface area contributed by atoms with E-state index in [1.807, 2.05) is 30.0 Å². The van der Waals surface area contributed by atoms with E-state index in [-0.39, 0.29) is 6.04 Å². The van der Waals surface area contributed by atoms with Crippen molar-refractivity contribution in [2.24, 2.45) is 0 Å². The van der Waals surface area contributed by atoms with Crippen molar-refractivity contribution in [2.75, 3.05) is 6.61 Å². The summed E-state index contributed by atoms with van der Waals surface area (Å²) in [6.45, 7) is 5.74. The number of nitrogens with one attached hydrogen (secondary N) is 1. The minimum atomic E-state index is 0.279. The molecular formula is C20H22N4O. The molecule has 0 aliphatic carbocycles. The highest BCUT2D eigenvalue weighted by atomic mass is 16.5. The number of imidazole rings is 1. The number of hydrogen-bond donors (Lipinski definition) is 1. The number of aromatic nitrogens is 3. The molecule has 1 aromatic carbocycles. The summed E-state index contributed by atoms with van der Waals surface area (Å²) in [7, 11) is 0. The topological polar surface area (TPSA) is 52.0 Å². The number of aryl methyl sites for hydroxylation is 1. The largest absolute Gasteiger partial charge is 0.493 e. The van der Waals surface area contributed by atoms with E-state index in [0.29, 0.717) is 0 Å². The maximum atomic E-state index is 5.58. The van der Waals surface area contributed by atoms with Gasteiger partial charge in [-0.05, 0) is 42.7 Å². The van der Waals surface area contributed by atoms with Crippen LogP contribution >= 0.6 is 0 Å². The highest BCUT2D eigenvalue weighted by Gasteiger charge is 2.14. The van der Waals surface area contributed by atoms with Crippen LogP contribution in [0, 0.1) is 6.92 Å². The van der Waals surface area contributed by atoms with Crippen molar-refractivity contribution in [3.8, 4) is 11.6 Å². The van der Waals surface area contributed by atoms with Gasteiger partial charge < -0.3 is 10.1 Å². The molecule has 1 aliphatic heterocycles. The van der Waals surface area contributed by atoms with Crippen LogP contribution in [0.15, 0.2) is 48.9 Å². The molecule has 0 bridgehead atoms. The minimum Gasteiger partial charge on any atom is -0.493 e. The lowest BCUT2D eigenvalue weighted by Crippen LogP contribution is -2.18. The second-order valence-electron chi connectivity index (χ2n) is 6.44. The Morgan fingerprint density at radius 2 is 2.16 bits per heavy atom. The van der Waals surface area contributed by atoms with Gasteiger partial charge in [-0.1, -0.05) is 18.2 Å². The molecule has 0 saturated carbocycles. The first kappa shape index (κ1) is 15.8. The fourth-order valence-electron chi connectivity index (χ4n) is 3.15. The SMILES string of the molecule is Cc1nccn1-c1ccc(CNC(C)c2ccc3c(c2)CCO3)cn1. The fraction of sp³-hybridized carbons (Fsp3) is 0.300. The van der Waals surface area contributed by atoms with Gasteiger partial charge in [-0.2, -0.15) is 0 Å². The van der Waals surface area contributed by atoms with Gasteiger partial charge in [-0.15, -0.1) is 0 Å². The molecular weight excluding hydrogens is 312 g/mol. The lowest BCUT2D eigenvalue weighted by molar-refractivity contribution is 0.356. The first-order chi connectivity index (χ1) is 12.2. The Kier molecular flexibility index (Phi) is 4.24. The van der Waals surface area contributed by atoms with Crippen LogP contribution in [-0.4, -0.2) is 21.1 Å². The van der Waals surface area contributed by atoms with Crippen LogP contribution in [0.2, 0.25) is 0 Å². The first-order valence-corrected chi connectivity index (χ1v) is 8.65. The number of pyridine rings is 1. The standard InChI is InChI=1S/C20H22N4O/c1-14(17-4-5-19-18(11-17)7-10-25-19)22-12-16-3-6-20(23-13-16)24-9-8-21-15(24)2/h3-6,8-9,11,13-14,22H,7,10,12H2,1-2H3. The van der Waals surface area contributed by atoms with Crippen molar-refractivity contribution in [3.63, 3.8) is 0 Å². The summed E-state index contributed by atoms with van der Waals surface area (Å²) >= 11 is 0. The molecule has 1 N–H and O–H groups in total. The van der Waals surface area contributed by atoms with E-state index in [9.17, 15) is 0 Å². The van der Waals surface area contributed by atoms with E-state index >= 15 is 0 Å². The molecule has 0 radical (unpaired) electrons. The summed E-state index contributed by atoms with van der Waals surface area (Å²) in [5.41, 5.74) is 3.77. The zero-order valence-electron chi connectivity index (χ0n) is 14.6. The Bertz CT molecular complexity index is 870. The molecule has 1 unspecified atom stereocenters. The molecule has 5 nitrogen and oxygen atoms in total. The Hall–Kier alpha value is -2.66. The smallest absolute Gasteiger partial charge is 0.137 e. The van der Waals surface area contributed by atoms with Crippen molar-refractivity contribution in [1.82, 2.24) is 19.9 Å². The van der Waals surface area contributed by atoms with Gasteiger partial charge in [0, 0.05) is 37.6 Å². The van der Waals surface area contributed by atoms with Crippen molar-refractivity contribution in [2.45, 2.75) is 32.9 Å². The third-order valence-electron chi connectivity index (χ3n) is 4.71. The monoisotopic (exact) mass is 334 g/mol. The van der Waals surface area contributed by atoms with Crippen LogP contribution in [0.3, 0.4) is 0 Å². The Labute approximate surface area is 147 Å². The number of benzene rings is 1. The molecule has 25 heavy (non-hydrogen) atoms. The number of rotatable bonds is 5. The zero-order valence-corrected chi connectivity index (χ0v) is 14.6. The second kappa shape index (κ2) is 6.69. The predicted octanol–water partition coefficient (Wildman–Crippen LogP) is 3.36. The van der Waals surface area contributed by atoms with Gasteiger partial charge in [0.1, 0.15) is 17.4 Å². The van der Waals surface area contributed by atoms with Crippen LogP contribution in [0.1, 0.15) is 35.5 Å². The summed E-state index contributed by atoms with van der Waals surface area (Å²) < 4.78 is 7.56. The molecule has 0 amide bonds. The molecule has 3 heterocycles. The maximum absolute atomic E-state index is 5.58. The molecule has 5 heteroatoms. The molecule has 0 spiro atoms. The van der Waals surface area contributed by atoms with Crippen LogP contribution < -0.4 is 10.1 Å². The molecule has 2 aromatic heterocycles. The van der Waals surface area contributed by atoms with Crippen molar-refractivity contribution in [1.29, 1.82) is 0 Å². The van der Waals surface area contributed by atoms with E-state index in [1.54, 1.807) is 6.20 Å². The molecule has 1 aliphatic rings. The average Bonchev–Trinajstić information content (AvgIpc) is 3.28. The van der Waals surface area contributed by atoms with Gasteiger partial charge in [-0.3, -0.25) is 4.57 Å². The lowest BCUT2D eigenvalue weighted by atomic mass is 10.0. The molecule has 1 atom stereocenters. The van der Waals surface area contributed by atoms with Crippen LogP contribution in [-0.2, 0) is 13.0 Å². The summed E-state index contributed by atoms with van der Waals surface area (Å²) in [6, 6.07) is 10.9. The predicted molar refractivity (Wildman–Crippen MR) is 97.0 cm³/mol. The fourth-order valence-corrected chi connectivity index (χ4v) is 3.15. The maximum Gasteiger partial charge on any atom is 0.137 e. The quantitative estimate of drug-likeness (QED) is 0.777. The number of fused-ring (bicyclic) bond motifs is 1. The Balaban J connectivity index is 1.40. The summed E-state index contributed by atoms with van der Waals surface area (Å²) in [5.74, 6) is 2.86. The number of nitrogens with zero attached hydrogens (tertiary/aromatic N) is 3. The summed E-state index contributed by atoms with van der Waals surface area (Å²) in [5, 5.41) is 3.57. The third kappa shape index (κ3) is 3.28. The minimum absolute atomic E-state index is 0.279. The van der Waals surface area contributed by atoms with Crippen molar-refractivity contribution >= 4 is 0 Å². The van der Waals surface area contributed by atoms with Gasteiger partial charge in [0.2, 0.25) is 0 Å². The van der Waals surface area contributed by atoms with Crippen molar-refractivity contribution < 1.29 is 4.74 Å². The van der Waals surface area contributed by atoms with E-state index in [2.05, 4.69) is 46.5 Å². The van der Waals surface area contributed by atoms with Crippen LogP contribution in [0.25, 0.3) is 5.82 Å². The summed E-state index contributed by atoms with van der Waals surface area (Å²) in [6.07, 6.45) is 6.64. The summed E-state index contributed by atoms with van der Waals surface area (Å²) in [4.78, 5) is 8.78. The highest BCUT2D eigenvalue weighted by Crippen LogP contribution is 2.28. The van der Waals surface area contributed by atoms with Gasteiger partial charge in [0.25, 0.3) is 0 Å². The zero-order chi connectivity index (χ0) is 17.2. The van der Waals surface area contributed by atoms with E-state index in [1.165, 1.54) is 11.1 Å². The Morgan fingerprint density at radius 1 is 1.24 bits per heavy atom. The first-order valence-electron chi connectivity index (χ1n) is 8.65. The Morgan fingerprint density at radius 3 is 2.92 bits per heavy atom. The van der Waals surface area contributed by atoms with Crippen LogP contribution in [0.5, 0.6) is 5.75 Å². The normalized spacial score (nSPS) is 14.2. The third-order valence-corrected chi connectivity index (χ3v) is 4.71. The molecule has 128 valence electrons. The van der Waals surface area contributed by atoms with E-state index < -0.39 is 0 Å².